The first-order chi connectivity index (χ1) is 17.2. The summed E-state index contributed by atoms with van der Waals surface area (Å²) in [6.07, 6.45) is 0. The maximum atomic E-state index is 12.6. The lowest BCUT2D eigenvalue weighted by molar-refractivity contribution is -0.384. The molecule has 10 nitrogen and oxygen atoms in total. The molecule has 3 rings (SSSR count). The van der Waals surface area contributed by atoms with E-state index in [1.807, 2.05) is 9.80 Å². The summed E-state index contributed by atoms with van der Waals surface area (Å²) in [6.45, 7) is 8.43. The van der Waals surface area contributed by atoms with E-state index in [0.29, 0.717) is 60.8 Å². The Kier molecular flexibility index (Phi) is 9.18. The van der Waals surface area contributed by atoms with Crippen LogP contribution >= 0.6 is 12.2 Å². The Morgan fingerprint density at radius 2 is 1.72 bits per heavy atom. The highest BCUT2D eigenvalue weighted by Gasteiger charge is 2.26. The summed E-state index contributed by atoms with van der Waals surface area (Å²) >= 11 is 5.43. The fourth-order valence-corrected chi connectivity index (χ4v) is 3.92. The van der Waals surface area contributed by atoms with Crippen molar-refractivity contribution in [1.29, 1.82) is 0 Å². The van der Waals surface area contributed by atoms with Crippen LogP contribution in [0.4, 0.5) is 11.4 Å². The Balaban J connectivity index is 1.58. The van der Waals surface area contributed by atoms with Crippen molar-refractivity contribution in [3.8, 4) is 5.75 Å². The van der Waals surface area contributed by atoms with Crippen LogP contribution in [0.15, 0.2) is 42.5 Å². The highest BCUT2D eigenvalue weighted by Crippen LogP contribution is 2.30. The number of esters is 1. The normalized spacial score (nSPS) is 13.3. The fraction of sp³-hybridized carbons (Fsp3) is 0.400. The van der Waals surface area contributed by atoms with Gasteiger partial charge in [-0.3, -0.25) is 20.2 Å². The quantitative estimate of drug-likeness (QED) is 0.244. The van der Waals surface area contributed by atoms with Gasteiger partial charge in [0.1, 0.15) is 11.4 Å². The summed E-state index contributed by atoms with van der Waals surface area (Å²) in [7, 11) is 0. The van der Waals surface area contributed by atoms with Crippen molar-refractivity contribution in [3.63, 3.8) is 0 Å². The van der Waals surface area contributed by atoms with Gasteiger partial charge in [-0.05, 0) is 61.5 Å². The maximum Gasteiger partial charge on any atom is 0.338 e. The first-order valence-corrected chi connectivity index (χ1v) is 12.1. The van der Waals surface area contributed by atoms with Crippen molar-refractivity contribution in [3.05, 3.63) is 63.7 Å². The lowest BCUT2D eigenvalue weighted by atomic mass is 10.1. The molecule has 1 aliphatic rings. The monoisotopic (exact) mass is 514 g/mol. The Hall–Kier alpha value is -3.73. The van der Waals surface area contributed by atoms with Crippen LogP contribution in [0, 0.1) is 16.0 Å². The SMILES string of the molecule is CCOC(=O)c1ccc(N2CCN(C(=S)NC(=O)c3ccc(OCC(C)C)cc3)CC2)c([N+](=O)[O-])c1. The van der Waals surface area contributed by atoms with E-state index in [1.54, 1.807) is 37.3 Å². The lowest BCUT2D eigenvalue weighted by Crippen LogP contribution is -2.52. The number of hydrogen-bond acceptors (Lipinski definition) is 8. The first-order valence-electron chi connectivity index (χ1n) is 11.7. The Labute approximate surface area is 215 Å². The molecule has 0 spiro atoms. The van der Waals surface area contributed by atoms with Crippen molar-refractivity contribution in [2.75, 3.05) is 44.3 Å². The standard InChI is InChI=1S/C25H30N4O6S/c1-4-34-24(31)19-7-10-21(22(15-19)29(32)33)27-11-13-28(14-12-27)25(36)26-23(30)18-5-8-20(9-6-18)35-16-17(2)3/h5-10,15,17H,4,11-14,16H2,1-3H3,(H,26,30,36). The zero-order valence-electron chi connectivity index (χ0n) is 20.6. The predicted octanol–water partition coefficient (Wildman–Crippen LogP) is 3.64. The number of nitro groups is 1. The molecule has 0 radical (unpaired) electrons. The third kappa shape index (κ3) is 6.91. The zero-order valence-corrected chi connectivity index (χ0v) is 21.4. The van der Waals surface area contributed by atoms with E-state index in [4.69, 9.17) is 21.7 Å². The molecule has 0 bridgehead atoms. The number of nitro benzene ring substituents is 1. The molecule has 0 aromatic heterocycles. The van der Waals surface area contributed by atoms with Crippen LogP contribution < -0.4 is 15.0 Å². The second kappa shape index (κ2) is 12.3. The lowest BCUT2D eigenvalue weighted by Gasteiger charge is -2.37. The van der Waals surface area contributed by atoms with Crippen molar-refractivity contribution in [2.45, 2.75) is 20.8 Å². The van der Waals surface area contributed by atoms with E-state index in [-0.39, 0.29) is 23.8 Å². The van der Waals surface area contributed by atoms with Crippen LogP contribution in [0.2, 0.25) is 0 Å². The number of rotatable bonds is 8. The van der Waals surface area contributed by atoms with Crippen molar-refractivity contribution in [1.82, 2.24) is 10.2 Å². The summed E-state index contributed by atoms with van der Waals surface area (Å²) in [5, 5.41) is 14.7. The van der Waals surface area contributed by atoms with Gasteiger partial charge in [-0.1, -0.05) is 13.8 Å². The van der Waals surface area contributed by atoms with Crippen molar-refractivity contribution in [2.24, 2.45) is 5.92 Å². The van der Waals surface area contributed by atoms with Crippen molar-refractivity contribution < 1.29 is 24.0 Å². The second-order valence-corrected chi connectivity index (χ2v) is 9.03. The molecule has 1 aliphatic heterocycles. The van der Waals surface area contributed by atoms with Crippen LogP contribution in [-0.4, -0.2) is 66.2 Å². The number of ether oxygens (including phenoxy) is 2. The van der Waals surface area contributed by atoms with Gasteiger partial charge in [-0.25, -0.2) is 4.79 Å². The van der Waals surface area contributed by atoms with Crippen molar-refractivity contribution >= 4 is 40.6 Å². The smallest absolute Gasteiger partial charge is 0.338 e. The van der Waals surface area contributed by atoms with Crippen LogP contribution in [0.3, 0.4) is 0 Å². The van der Waals surface area contributed by atoms with E-state index in [0.717, 1.165) is 0 Å². The van der Waals surface area contributed by atoms with Gasteiger partial charge < -0.3 is 19.3 Å². The highest BCUT2D eigenvalue weighted by atomic mass is 32.1. The van der Waals surface area contributed by atoms with Gasteiger partial charge in [0, 0.05) is 37.8 Å². The van der Waals surface area contributed by atoms with E-state index in [9.17, 15) is 19.7 Å². The minimum absolute atomic E-state index is 0.134. The minimum Gasteiger partial charge on any atom is -0.493 e. The van der Waals surface area contributed by atoms with Gasteiger partial charge in [0.15, 0.2) is 5.11 Å². The number of nitrogens with one attached hydrogen (secondary N) is 1. The number of anilines is 1. The maximum absolute atomic E-state index is 12.6. The number of piperazine rings is 1. The summed E-state index contributed by atoms with van der Waals surface area (Å²) in [5.41, 5.74) is 0.854. The molecule has 2 aromatic carbocycles. The second-order valence-electron chi connectivity index (χ2n) is 8.64. The molecule has 1 saturated heterocycles. The third-order valence-corrected chi connectivity index (χ3v) is 5.87. The Bertz CT molecular complexity index is 1110. The molecule has 1 N–H and O–H groups in total. The van der Waals surface area contributed by atoms with E-state index >= 15 is 0 Å². The molecule has 1 heterocycles. The van der Waals surface area contributed by atoms with E-state index in [2.05, 4.69) is 19.2 Å². The van der Waals surface area contributed by atoms with Gasteiger partial charge in [0.2, 0.25) is 0 Å². The predicted molar refractivity (Wildman–Crippen MR) is 140 cm³/mol. The first kappa shape index (κ1) is 26.9. The van der Waals surface area contributed by atoms with Crippen LogP contribution in [0.25, 0.3) is 0 Å². The molecule has 0 atom stereocenters. The number of nitrogens with zero attached hydrogens (tertiary/aromatic N) is 3. The molecule has 0 saturated carbocycles. The minimum atomic E-state index is -0.601. The van der Waals surface area contributed by atoms with Crippen LogP contribution in [0.1, 0.15) is 41.5 Å². The summed E-state index contributed by atoms with van der Waals surface area (Å²) in [6, 6.07) is 11.2. The van der Waals surface area contributed by atoms with E-state index < -0.39 is 10.9 Å². The highest BCUT2D eigenvalue weighted by molar-refractivity contribution is 7.80. The number of benzene rings is 2. The molecular formula is C25H30N4O6S. The molecule has 0 unspecified atom stereocenters. The van der Waals surface area contributed by atoms with Gasteiger partial charge >= 0.3 is 5.97 Å². The summed E-state index contributed by atoms with van der Waals surface area (Å²) in [5.74, 6) is 0.183. The van der Waals surface area contributed by atoms with Crippen LogP contribution in [-0.2, 0) is 4.74 Å². The van der Waals surface area contributed by atoms with Gasteiger partial charge in [0.05, 0.1) is 23.7 Å². The number of amides is 1. The molecule has 1 amide bonds. The number of carbonyl (C=O) groups excluding carboxylic acids is 2. The number of hydrogen-bond donors (Lipinski definition) is 1. The number of thiocarbonyl (C=S) groups is 1. The van der Waals surface area contributed by atoms with Crippen LogP contribution in [0.5, 0.6) is 5.75 Å². The average molecular weight is 515 g/mol. The zero-order chi connectivity index (χ0) is 26.2. The summed E-state index contributed by atoms with van der Waals surface area (Å²) < 4.78 is 10.6. The molecule has 36 heavy (non-hydrogen) atoms. The largest absolute Gasteiger partial charge is 0.493 e. The van der Waals surface area contributed by atoms with Gasteiger partial charge in [-0.2, -0.15) is 0 Å². The topological polar surface area (TPSA) is 114 Å². The molecule has 11 heteroatoms. The average Bonchev–Trinajstić information content (AvgIpc) is 2.87. The van der Waals surface area contributed by atoms with Gasteiger partial charge in [0.25, 0.3) is 11.6 Å². The van der Waals surface area contributed by atoms with E-state index in [1.165, 1.54) is 12.1 Å². The molecule has 0 aliphatic carbocycles. The molecular weight excluding hydrogens is 484 g/mol. The third-order valence-electron chi connectivity index (χ3n) is 5.51. The fourth-order valence-electron chi connectivity index (χ4n) is 3.64. The molecule has 2 aromatic rings. The molecule has 1 fully saturated rings. The summed E-state index contributed by atoms with van der Waals surface area (Å²) in [4.78, 5) is 39.5. The Morgan fingerprint density at radius 3 is 2.31 bits per heavy atom. The molecule has 192 valence electrons. The number of carbonyl (C=O) groups is 2. The Morgan fingerprint density at radius 1 is 1.08 bits per heavy atom. The van der Waals surface area contributed by atoms with Gasteiger partial charge in [-0.15, -0.1) is 0 Å².